The molecule has 0 aliphatic rings. The second-order valence-corrected chi connectivity index (χ2v) is 9.71. The van der Waals surface area contributed by atoms with Gasteiger partial charge < -0.3 is 28.4 Å². The number of rotatable bonds is 12. The molecule has 5 aromatic rings. The van der Waals surface area contributed by atoms with Crippen LogP contribution in [0.1, 0.15) is 34.6 Å². The molecule has 5 aromatic carbocycles. The average Bonchev–Trinajstić information content (AvgIpc) is 3.02. The highest BCUT2D eigenvalue weighted by Gasteiger charge is 2.39. The van der Waals surface area contributed by atoms with Gasteiger partial charge in [0.1, 0.15) is 23.0 Å². The van der Waals surface area contributed by atoms with Gasteiger partial charge in [0, 0.05) is 0 Å². The normalized spacial score (nSPS) is 11.1. The largest absolute Gasteiger partial charge is 0.421 e. The summed E-state index contributed by atoms with van der Waals surface area (Å²) < 4.78 is 35.5. The van der Waals surface area contributed by atoms with Crippen molar-refractivity contribution in [2.45, 2.75) is 25.8 Å². The lowest BCUT2D eigenvalue weighted by Crippen LogP contribution is -2.45. The van der Waals surface area contributed by atoms with Crippen LogP contribution in [-0.4, -0.2) is 23.9 Å². The molecule has 0 amide bonds. The molecule has 0 aliphatic carbocycles. The number of ether oxygens (including phenoxy) is 6. The maximum atomic E-state index is 13.7. The van der Waals surface area contributed by atoms with Crippen molar-refractivity contribution in [3.63, 3.8) is 0 Å². The van der Waals surface area contributed by atoms with Gasteiger partial charge in [-0.15, -0.1) is 0 Å². The van der Waals surface area contributed by atoms with Crippen molar-refractivity contribution in [2.24, 2.45) is 0 Å². The Morgan fingerprint density at radius 2 is 0.614 bits per heavy atom. The van der Waals surface area contributed by atoms with E-state index in [2.05, 4.69) is 0 Å². The van der Waals surface area contributed by atoms with Gasteiger partial charge in [0.15, 0.2) is 0 Å². The Morgan fingerprint density at radius 1 is 0.386 bits per heavy atom. The van der Waals surface area contributed by atoms with E-state index in [4.69, 9.17) is 28.4 Å². The highest BCUT2D eigenvalue weighted by atomic mass is 16.9. The van der Waals surface area contributed by atoms with Gasteiger partial charge in [-0.05, 0) is 60.7 Å². The molecule has 0 saturated carbocycles. The van der Waals surface area contributed by atoms with Crippen molar-refractivity contribution < 1.29 is 38.0 Å². The Morgan fingerprint density at radius 3 is 0.864 bits per heavy atom. The van der Waals surface area contributed by atoms with E-state index in [0.717, 1.165) is 0 Å². The van der Waals surface area contributed by atoms with Gasteiger partial charge in [-0.25, -0.2) is 9.59 Å². The van der Waals surface area contributed by atoms with Gasteiger partial charge in [-0.2, -0.15) is 0 Å². The molecule has 222 valence electrons. The van der Waals surface area contributed by atoms with Crippen molar-refractivity contribution in [3.8, 4) is 23.0 Å². The number of para-hydroxylation sites is 4. The molecule has 0 aromatic heterocycles. The summed E-state index contributed by atoms with van der Waals surface area (Å²) in [5.41, 5.74) is -0.169. The molecular weight excluding hydrogens is 560 g/mol. The van der Waals surface area contributed by atoms with Crippen LogP contribution in [-0.2, 0) is 9.47 Å². The minimum atomic E-state index is -1.90. The lowest BCUT2D eigenvalue weighted by atomic mass is 10.1. The van der Waals surface area contributed by atoms with E-state index in [9.17, 15) is 9.59 Å². The molecule has 0 aliphatic heterocycles. The summed E-state index contributed by atoms with van der Waals surface area (Å²) in [5, 5.41) is 0. The van der Waals surface area contributed by atoms with Crippen molar-refractivity contribution >= 4 is 11.9 Å². The monoisotopic (exact) mass is 590 g/mol. The first-order valence-corrected chi connectivity index (χ1v) is 13.8. The zero-order chi connectivity index (χ0) is 30.8. The van der Waals surface area contributed by atoms with E-state index < -0.39 is 23.9 Å². The third-order valence-electron chi connectivity index (χ3n) is 6.11. The van der Waals surface area contributed by atoms with Crippen LogP contribution in [0.2, 0.25) is 0 Å². The minimum Gasteiger partial charge on any atom is -0.421 e. The Labute approximate surface area is 255 Å². The predicted octanol–water partition coefficient (Wildman–Crippen LogP) is 7.66. The quantitative estimate of drug-likeness (QED) is 0.108. The molecule has 0 saturated heterocycles. The fraction of sp³-hybridized carbons (Fsp3) is 0.111. The topological polar surface area (TPSA) is 89.5 Å². The van der Waals surface area contributed by atoms with Gasteiger partial charge in [0.25, 0.3) is 0 Å². The Balaban J connectivity index is 1.41. The first-order valence-electron chi connectivity index (χ1n) is 13.8. The summed E-state index contributed by atoms with van der Waals surface area (Å²) in [6.45, 7) is 2.93. The van der Waals surface area contributed by atoms with Gasteiger partial charge >= 0.3 is 23.9 Å². The molecule has 0 fully saturated rings. The van der Waals surface area contributed by atoms with Crippen LogP contribution in [0.25, 0.3) is 0 Å². The standard InChI is InChI=1S/C36H30O8/c1-35(39-27-17-7-3-8-18-27,40-28-19-9-4-10-20-28)43-33(37)31-25-15-16-26-32(31)34(38)44-36(2,41-29-21-11-5-12-22-29)42-30-23-13-6-14-24-30/h3-26H,1-2H3. The van der Waals surface area contributed by atoms with Gasteiger partial charge in [0.05, 0.1) is 25.0 Å². The third kappa shape index (κ3) is 7.95. The number of carbonyl (C=O) groups is 2. The molecule has 0 unspecified atom stereocenters. The van der Waals surface area contributed by atoms with E-state index >= 15 is 0 Å². The van der Waals surface area contributed by atoms with Crippen LogP contribution in [0.4, 0.5) is 0 Å². The summed E-state index contributed by atoms with van der Waals surface area (Å²) in [6.07, 6.45) is 0. The number of carbonyl (C=O) groups excluding carboxylic acids is 2. The number of hydrogen-bond acceptors (Lipinski definition) is 8. The van der Waals surface area contributed by atoms with E-state index in [0.29, 0.717) is 23.0 Å². The molecule has 0 atom stereocenters. The van der Waals surface area contributed by atoms with E-state index in [1.165, 1.54) is 26.0 Å². The molecule has 0 bridgehead atoms. The molecule has 0 spiro atoms. The number of esters is 2. The molecule has 0 radical (unpaired) electrons. The Bertz CT molecular complexity index is 1450. The Kier molecular flexibility index (Phi) is 9.10. The summed E-state index contributed by atoms with van der Waals surface area (Å²) >= 11 is 0. The second-order valence-electron chi connectivity index (χ2n) is 9.71. The fourth-order valence-corrected chi connectivity index (χ4v) is 4.22. The van der Waals surface area contributed by atoms with Gasteiger partial charge in [-0.3, -0.25) is 0 Å². The van der Waals surface area contributed by atoms with E-state index in [-0.39, 0.29) is 11.1 Å². The second kappa shape index (κ2) is 13.5. The maximum absolute atomic E-state index is 13.7. The van der Waals surface area contributed by atoms with E-state index in [1.54, 1.807) is 109 Å². The van der Waals surface area contributed by atoms with Gasteiger partial charge in [0.2, 0.25) is 0 Å². The van der Waals surface area contributed by atoms with Crippen LogP contribution < -0.4 is 18.9 Å². The first-order chi connectivity index (χ1) is 21.3. The van der Waals surface area contributed by atoms with Crippen molar-refractivity contribution in [2.75, 3.05) is 0 Å². The Hall–Kier alpha value is -5.76. The highest BCUT2D eigenvalue weighted by Crippen LogP contribution is 2.28. The summed E-state index contributed by atoms with van der Waals surface area (Å²) in [7, 11) is 0. The lowest BCUT2D eigenvalue weighted by Gasteiger charge is -2.31. The minimum absolute atomic E-state index is 0.0844. The molecular formula is C36H30O8. The highest BCUT2D eigenvalue weighted by molar-refractivity contribution is 6.03. The third-order valence-corrected chi connectivity index (χ3v) is 6.11. The number of hydrogen-bond donors (Lipinski definition) is 0. The first kappa shape index (κ1) is 29.7. The summed E-state index contributed by atoms with van der Waals surface area (Å²) in [4.78, 5) is 27.3. The van der Waals surface area contributed by atoms with Crippen molar-refractivity contribution in [3.05, 3.63) is 157 Å². The zero-order valence-electron chi connectivity index (χ0n) is 24.1. The van der Waals surface area contributed by atoms with Crippen molar-refractivity contribution in [1.82, 2.24) is 0 Å². The van der Waals surface area contributed by atoms with Crippen LogP contribution in [0.5, 0.6) is 23.0 Å². The zero-order valence-corrected chi connectivity index (χ0v) is 24.1. The molecule has 8 nitrogen and oxygen atoms in total. The molecule has 44 heavy (non-hydrogen) atoms. The van der Waals surface area contributed by atoms with E-state index in [1.807, 2.05) is 24.3 Å². The van der Waals surface area contributed by atoms with Gasteiger partial charge in [-0.1, -0.05) is 84.9 Å². The summed E-state index contributed by atoms with van der Waals surface area (Å²) in [5.74, 6) is -3.98. The van der Waals surface area contributed by atoms with Crippen LogP contribution >= 0.6 is 0 Å². The lowest BCUT2D eigenvalue weighted by molar-refractivity contribution is -0.258. The van der Waals surface area contributed by atoms with Crippen LogP contribution in [0.15, 0.2) is 146 Å². The van der Waals surface area contributed by atoms with Crippen LogP contribution in [0.3, 0.4) is 0 Å². The fourth-order valence-electron chi connectivity index (χ4n) is 4.22. The molecule has 0 N–H and O–H groups in total. The smallest absolute Gasteiger partial charge is 0.416 e. The maximum Gasteiger partial charge on any atom is 0.416 e. The van der Waals surface area contributed by atoms with Crippen LogP contribution in [0, 0.1) is 0 Å². The average molecular weight is 591 g/mol. The molecule has 0 heterocycles. The number of benzene rings is 5. The summed E-state index contributed by atoms with van der Waals surface area (Å²) in [6, 6.07) is 41.2. The SMILES string of the molecule is CC(OC(=O)c1ccccc1C(=O)OC(C)(Oc1ccccc1)Oc1ccccc1)(Oc1ccccc1)Oc1ccccc1. The molecule has 8 heteroatoms. The van der Waals surface area contributed by atoms with Crippen molar-refractivity contribution in [1.29, 1.82) is 0 Å². The molecule has 5 rings (SSSR count). The predicted molar refractivity (Wildman–Crippen MR) is 162 cm³/mol.